The second-order valence-corrected chi connectivity index (χ2v) is 6.17. The number of fused-ring (bicyclic) bond motifs is 1. The molecule has 27 heavy (non-hydrogen) atoms. The van der Waals surface area contributed by atoms with E-state index in [0.717, 1.165) is 6.07 Å². The molecular weight excluding hydrogens is 355 g/mol. The number of nitrogens with zero attached hydrogens (tertiary/aromatic N) is 5. The molecule has 4 aromatic rings. The fourth-order valence-electron chi connectivity index (χ4n) is 3.08. The number of alkyl halides is 3. The standard InChI is InChI=1S/C19H16F3N5/c1-3-26-11-13(10-23-26)16-9-15(19(20,21)22)17-12(2)25-27(18(17)24-16)14-7-5-4-6-8-14/h4-11H,3H2,1-2H3. The van der Waals surface area contributed by atoms with Crippen LogP contribution < -0.4 is 0 Å². The van der Waals surface area contributed by atoms with E-state index >= 15 is 0 Å². The summed E-state index contributed by atoms with van der Waals surface area (Å²) in [6.07, 6.45) is -1.32. The molecule has 0 unspecified atom stereocenters. The smallest absolute Gasteiger partial charge is 0.272 e. The molecule has 5 nitrogen and oxygen atoms in total. The van der Waals surface area contributed by atoms with Gasteiger partial charge in [-0.15, -0.1) is 0 Å². The zero-order valence-corrected chi connectivity index (χ0v) is 14.7. The van der Waals surface area contributed by atoms with Gasteiger partial charge < -0.3 is 0 Å². The Morgan fingerprint density at radius 2 is 1.85 bits per heavy atom. The largest absolute Gasteiger partial charge is 0.417 e. The van der Waals surface area contributed by atoms with Crippen molar-refractivity contribution < 1.29 is 13.2 Å². The Balaban J connectivity index is 2.04. The van der Waals surface area contributed by atoms with E-state index in [4.69, 9.17) is 0 Å². The van der Waals surface area contributed by atoms with Gasteiger partial charge in [0.05, 0.1) is 34.2 Å². The number of hydrogen-bond acceptors (Lipinski definition) is 3. The summed E-state index contributed by atoms with van der Waals surface area (Å²) >= 11 is 0. The quantitative estimate of drug-likeness (QED) is 0.527. The molecule has 0 aliphatic rings. The highest BCUT2D eigenvalue weighted by Gasteiger charge is 2.36. The SMILES string of the molecule is CCn1cc(-c2cc(C(F)(F)F)c3c(C)nn(-c4ccccc4)c3n2)cn1. The molecule has 0 saturated heterocycles. The Kier molecular flexibility index (Phi) is 3.98. The molecule has 0 saturated carbocycles. The van der Waals surface area contributed by atoms with Gasteiger partial charge in [0.25, 0.3) is 0 Å². The van der Waals surface area contributed by atoms with Crippen LogP contribution in [0.25, 0.3) is 28.0 Å². The Morgan fingerprint density at radius 3 is 2.48 bits per heavy atom. The Bertz CT molecular complexity index is 1110. The lowest BCUT2D eigenvalue weighted by Crippen LogP contribution is -2.08. The molecule has 0 fully saturated rings. The Labute approximate surface area is 153 Å². The van der Waals surface area contributed by atoms with Crippen LogP contribution in [-0.2, 0) is 12.7 Å². The highest BCUT2D eigenvalue weighted by Crippen LogP contribution is 2.38. The first-order valence-corrected chi connectivity index (χ1v) is 8.44. The first-order valence-electron chi connectivity index (χ1n) is 8.44. The van der Waals surface area contributed by atoms with Crippen molar-refractivity contribution in [2.75, 3.05) is 0 Å². The Hall–Kier alpha value is -3.16. The fourth-order valence-corrected chi connectivity index (χ4v) is 3.08. The van der Waals surface area contributed by atoms with Crippen LogP contribution in [-0.4, -0.2) is 24.5 Å². The first kappa shape index (κ1) is 17.3. The maximum atomic E-state index is 13.8. The summed E-state index contributed by atoms with van der Waals surface area (Å²) < 4.78 is 44.5. The average Bonchev–Trinajstić information content (AvgIpc) is 3.26. The molecular formula is C19H16F3N5. The zero-order valence-electron chi connectivity index (χ0n) is 14.7. The van der Waals surface area contributed by atoms with Crippen molar-refractivity contribution in [3.05, 3.63) is 60.0 Å². The molecule has 4 rings (SSSR count). The van der Waals surface area contributed by atoms with Crippen LogP contribution in [0.4, 0.5) is 13.2 Å². The minimum absolute atomic E-state index is 0.0120. The number of aromatic nitrogens is 5. The fraction of sp³-hybridized carbons (Fsp3) is 0.211. The van der Waals surface area contributed by atoms with Gasteiger partial charge in [-0.3, -0.25) is 4.68 Å². The summed E-state index contributed by atoms with van der Waals surface area (Å²) in [5.41, 5.74) is 1.11. The first-order chi connectivity index (χ1) is 12.9. The molecule has 3 aromatic heterocycles. The van der Waals surface area contributed by atoms with Gasteiger partial charge in [0.2, 0.25) is 0 Å². The van der Waals surface area contributed by atoms with Crippen LogP contribution in [0.2, 0.25) is 0 Å². The third-order valence-electron chi connectivity index (χ3n) is 4.37. The minimum atomic E-state index is -4.52. The molecule has 0 atom stereocenters. The number of halogens is 3. The van der Waals surface area contributed by atoms with Crippen LogP contribution in [0.3, 0.4) is 0 Å². The molecule has 0 spiro atoms. The molecule has 1 aromatic carbocycles. The summed E-state index contributed by atoms with van der Waals surface area (Å²) in [7, 11) is 0. The highest BCUT2D eigenvalue weighted by atomic mass is 19.4. The molecule has 0 bridgehead atoms. The number of aryl methyl sites for hydroxylation is 2. The molecule has 0 radical (unpaired) electrons. The number of pyridine rings is 1. The Morgan fingerprint density at radius 1 is 1.11 bits per heavy atom. The monoisotopic (exact) mass is 371 g/mol. The molecule has 0 N–H and O–H groups in total. The summed E-state index contributed by atoms with van der Waals surface area (Å²) in [5, 5.41) is 8.48. The van der Waals surface area contributed by atoms with Crippen molar-refractivity contribution in [3.63, 3.8) is 0 Å². The topological polar surface area (TPSA) is 48.5 Å². The van der Waals surface area contributed by atoms with Crippen LogP contribution in [0.1, 0.15) is 18.2 Å². The number of para-hydroxylation sites is 1. The van der Waals surface area contributed by atoms with Crippen molar-refractivity contribution in [2.24, 2.45) is 0 Å². The molecule has 138 valence electrons. The summed E-state index contributed by atoms with van der Waals surface area (Å²) in [4.78, 5) is 4.51. The van der Waals surface area contributed by atoms with Crippen molar-refractivity contribution in [1.29, 1.82) is 0 Å². The van der Waals surface area contributed by atoms with Gasteiger partial charge in [-0.05, 0) is 32.0 Å². The van der Waals surface area contributed by atoms with Crippen molar-refractivity contribution >= 4 is 11.0 Å². The second-order valence-electron chi connectivity index (χ2n) is 6.17. The summed E-state index contributed by atoms with van der Waals surface area (Å²) in [6, 6.07) is 10.1. The van der Waals surface area contributed by atoms with Crippen molar-refractivity contribution in [3.8, 4) is 16.9 Å². The predicted octanol–water partition coefficient (Wildman–Crippen LogP) is 4.63. The molecule has 0 amide bonds. The normalized spacial score (nSPS) is 12.0. The minimum Gasteiger partial charge on any atom is -0.272 e. The van der Waals surface area contributed by atoms with E-state index in [2.05, 4.69) is 15.2 Å². The van der Waals surface area contributed by atoms with Gasteiger partial charge in [-0.1, -0.05) is 18.2 Å². The van der Waals surface area contributed by atoms with Crippen molar-refractivity contribution in [2.45, 2.75) is 26.6 Å². The zero-order chi connectivity index (χ0) is 19.2. The van der Waals surface area contributed by atoms with Gasteiger partial charge in [0.1, 0.15) is 0 Å². The number of benzene rings is 1. The van der Waals surface area contributed by atoms with E-state index in [9.17, 15) is 13.2 Å². The van der Waals surface area contributed by atoms with Gasteiger partial charge >= 0.3 is 6.18 Å². The van der Waals surface area contributed by atoms with Gasteiger partial charge in [-0.2, -0.15) is 23.4 Å². The van der Waals surface area contributed by atoms with Crippen LogP contribution in [0.5, 0.6) is 0 Å². The molecule has 8 heteroatoms. The lowest BCUT2D eigenvalue weighted by molar-refractivity contribution is -0.136. The van der Waals surface area contributed by atoms with Crippen LogP contribution >= 0.6 is 0 Å². The maximum absolute atomic E-state index is 13.8. The summed E-state index contributed by atoms with van der Waals surface area (Å²) in [5.74, 6) is 0. The van der Waals surface area contributed by atoms with E-state index in [1.54, 1.807) is 42.1 Å². The molecule has 0 aliphatic carbocycles. The van der Waals surface area contributed by atoms with Crippen LogP contribution in [0, 0.1) is 6.92 Å². The van der Waals surface area contributed by atoms with E-state index in [1.807, 2.05) is 13.0 Å². The van der Waals surface area contributed by atoms with E-state index < -0.39 is 11.7 Å². The van der Waals surface area contributed by atoms with Gasteiger partial charge in [-0.25, -0.2) is 9.67 Å². The van der Waals surface area contributed by atoms with E-state index in [0.29, 0.717) is 17.8 Å². The lowest BCUT2D eigenvalue weighted by atomic mass is 10.1. The number of rotatable bonds is 3. The predicted molar refractivity (Wildman–Crippen MR) is 95.5 cm³/mol. The van der Waals surface area contributed by atoms with Crippen molar-refractivity contribution in [1.82, 2.24) is 24.5 Å². The third-order valence-corrected chi connectivity index (χ3v) is 4.37. The number of hydrogen-bond donors (Lipinski definition) is 0. The van der Waals surface area contributed by atoms with Gasteiger partial charge in [0.15, 0.2) is 5.65 Å². The lowest BCUT2D eigenvalue weighted by Gasteiger charge is -2.11. The third kappa shape index (κ3) is 2.97. The maximum Gasteiger partial charge on any atom is 0.417 e. The van der Waals surface area contributed by atoms with Crippen LogP contribution in [0.15, 0.2) is 48.8 Å². The second kappa shape index (κ2) is 6.22. The molecule has 3 heterocycles. The van der Waals surface area contributed by atoms with E-state index in [1.165, 1.54) is 10.9 Å². The van der Waals surface area contributed by atoms with Gasteiger partial charge in [0, 0.05) is 18.3 Å². The summed E-state index contributed by atoms with van der Waals surface area (Å²) in [6.45, 7) is 4.09. The molecule has 0 aliphatic heterocycles. The average molecular weight is 371 g/mol. The van der Waals surface area contributed by atoms with E-state index in [-0.39, 0.29) is 22.4 Å². The highest BCUT2D eigenvalue weighted by molar-refractivity contribution is 5.86.